The molecule has 138 valence electrons. The van der Waals surface area contributed by atoms with E-state index in [2.05, 4.69) is 26.0 Å². The maximum absolute atomic E-state index is 12.4. The fourth-order valence-corrected chi connectivity index (χ4v) is 4.00. The molecule has 2 rings (SSSR count). The largest absolute Gasteiger partial charge is 0.353 e. The molecule has 0 saturated carbocycles. The number of rotatable bonds is 7. The lowest BCUT2D eigenvalue weighted by Crippen LogP contribution is -2.57. The van der Waals surface area contributed by atoms with Gasteiger partial charge in [-0.2, -0.15) is 0 Å². The van der Waals surface area contributed by atoms with E-state index in [0.29, 0.717) is 19.5 Å². The molecule has 0 unspecified atom stereocenters. The van der Waals surface area contributed by atoms with Crippen molar-refractivity contribution in [1.29, 1.82) is 0 Å². The van der Waals surface area contributed by atoms with Crippen molar-refractivity contribution >= 4 is 37.8 Å². The first-order chi connectivity index (χ1) is 11.8. The minimum absolute atomic E-state index is 0.00576. The Balaban J connectivity index is 1.92. The number of halogens is 1. The van der Waals surface area contributed by atoms with Crippen LogP contribution in [0.5, 0.6) is 0 Å². The Morgan fingerprint density at radius 1 is 1.36 bits per heavy atom. The van der Waals surface area contributed by atoms with Crippen LogP contribution in [0.3, 0.4) is 0 Å². The van der Waals surface area contributed by atoms with Crippen LogP contribution in [0.4, 0.5) is 0 Å². The highest BCUT2D eigenvalue weighted by atomic mass is 79.9. The van der Waals surface area contributed by atoms with Crippen molar-refractivity contribution < 1.29 is 18.0 Å². The molecule has 1 aromatic carbocycles. The standard InChI is InChI=1S/C16H22BrN3O4S/c1-2-3-14-16(22)18-10-11-20(14)15(21)8-9-19-25(23,24)13-6-4-12(17)5-7-13/h4-7,14,19H,2-3,8-11H2,1H3,(H,18,22)/t14-/m0/s1. The molecule has 1 fully saturated rings. The number of hydrogen-bond acceptors (Lipinski definition) is 4. The van der Waals surface area contributed by atoms with E-state index in [1.165, 1.54) is 12.1 Å². The first-order valence-corrected chi connectivity index (χ1v) is 10.4. The molecule has 0 bridgehead atoms. The monoisotopic (exact) mass is 431 g/mol. The number of nitrogens with one attached hydrogen (secondary N) is 2. The normalized spacial score (nSPS) is 18.1. The lowest BCUT2D eigenvalue weighted by molar-refractivity contribution is -0.143. The van der Waals surface area contributed by atoms with Crippen LogP contribution in [0.1, 0.15) is 26.2 Å². The molecule has 9 heteroatoms. The highest BCUT2D eigenvalue weighted by molar-refractivity contribution is 9.10. The maximum Gasteiger partial charge on any atom is 0.242 e. The first-order valence-electron chi connectivity index (χ1n) is 8.17. The van der Waals surface area contributed by atoms with Crippen LogP contribution < -0.4 is 10.0 Å². The molecular formula is C16H22BrN3O4S. The zero-order valence-electron chi connectivity index (χ0n) is 14.0. The number of benzene rings is 1. The van der Waals surface area contributed by atoms with Gasteiger partial charge in [-0.1, -0.05) is 29.3 Å². The number of hydrogen-bond donors (Lipinski definition) is 2. The predicted octanol–water partition coefficient (Wildman–Crippen LogP) is 1.24. The molecule has 1 heterocycles. The molecule has 0 aromatic heterocycles. The molecule has 1 aromatic rings. The molecule has 1 saturated heterocycles. The number of amides is 2. The van der Waals surface area contributed by atoms with Gasteiger partial charge < -0.3 is 10.2 Å². The van der Waals surface area contributed by atoms with Crippen LogP contribution in [-0.4, -0.2) is 50.8 Å². The molecule has 0 aliphatic carbocycles. The summed E-state index contributed by atoms with van der Waals surface area (Å²) in [5, 5.41) is 2.76. The average Bonchev–Trinajstić information content (AvgIpc) is 2.57. The first kappa shape index (κ1) is 19.9. The highest BCUT2D eigenvalue weighted by Crippen LogP contribution is 2.15. The SMILES string of the molecule is CCC[C@H]1C(=O)NCCN1C(=O)CCNS(=O)(=O)c1ccc(Br)cc1. The predicted molar refractivity (Wildman–Crippen MR) is 97.4 cm³/mol. The van der Waals surface area contributed by atoms with Gasteiger partial charge in [0.15, 0.2) is 0 Å². The molecule has 1 aliphatic rings. The van der Waals surface area contributed by atoms with E-state index in [0.717, 1.165) is 10.9 Å². The summed E-state index contributed by atoms with van der Waals surface area (Å²) in [5.41, 5.74) is 0. The Labute approximate surface area is 156 Å². The Morgan fingerprint density at radius 2 is 2.04 bits per heavy atom. The second-order valence-corrected chi connectivity index (χ2v) is 8.47. The Hall–Kier alpha value is -1.45. The van der Waals surface area contributed by atoms with Gasteiger partial charge in [0.2, 0.25) is 21.8 Å². The topological polar surface area (TPSA) is 95.6 Å². The number of carbonyl (C=O) groups is 2. The van der Waals surface area contributed by atoms with Gasteiger partial charge in [0, 0.05) is 30.5 Å². The summed E-state index contributed by atoms with van der Waals surface area (Å²) in [5.74, 6) is -0.358. The zero-order valence-corrected chi connectivity index (χ0v) is 16.4. The van der Waals surface area contributed by atoms with Gasteiger partial charge in [-0.15, -0.1) is 0 Å². The minimum Gasteiger partial charge on any atom is -0.353 e. The molecule has 2 N–H and O–H groups in total. The van der Waals surface area contributed by atoms with Crippen LogP contribution in [-0.2, 0) is 19.6 Å². The molecule has 0 radical (unpaired) electrons. The second kappa shape index (κ2) is 8.77. The summed E-state index contributed by atoms with van der Waals surface area (Å²) in [6.45, 7) is 2.83. The van der Waals surface area contributed by atoms with E-state index in [1.807, 2.05) is 6.92 Å². The van der Waals surface area contributed by atoms with E-state index < -0.39 is 16.1 Å². The Kier molecular flexibility index (Phi) is 6.97. The number of sulfonamides is 1. The van der Waals surface area contributed by atoms with E-state index in [1.54, 1.807) is 17.0 Å². The minimum atomic E-state index is -3.66. The number of carbonyl (C=O) groups excluding carboxylic acids is 2. The maximum atomic E-state index is 12.4. The molecule has 25 heavy (non-hydrogen) atoms. The van der Waals surface area contributed by atoms with Crippen molar-refractivity contribution in [3.05, 3.63) is 28.7 Å². The van der Waals surface area contributed by atoms with Gasteiger partial charge in [0.1, 0.15) is 6.04 Å². The fourth-order valence-electron chi connectivity index (χ4n) is 2.71. The van der Waals surface area contributed by atoms with Crippen LogP contribution in [0.25, 0.3) is 0 Å². The van der Waals surface area contributed by atoms with Gasteiger partial charge in [0.25, 0.3) is 0 Å². The summed E-state index contributed by atoms with van der Waals surface area (Å²) >= 11 is 3.25. The number of nitrogens with zero attached hydrogens (tertiary/aromatic N) is 1. The van der Waals surface area contributed by atoms with E-state index in [9.17, 15) is 18.0 Å². The van der Waals surface area contributed by atoms with Crippen LogP contribution >= 0.6 is 15.9 Å². The number of piperazine rings is 1. The van der Waals surface area contributed by atoms with E-state index in [-0.39, 0.29) is 29.7 Å². The van der Waals surface area contributed by atoms with Crippen molar-refractivity contribution in [2.45, 2.75) is 37.1 Å². The molecule has 7 nitrogen and oxygen atoms in total. The third kappa shape index (κ3) is 5.26. The highest BCUT2D eigenvalue weighted by Gasteiger charge is 2.31. The summed E-state index contributed by atoms with van der Waals surface area (Å²) in [7, 11) is -3.66. The van der Waals surface area contributed by atoms with Gasteiger partial charge >= 0.3 is 0 Å². The zero-order chi connectivity index (χ0) is 18.4. The molecule has 0 spiro atoms. The summed E-state index contributed by atoms with van der Waals surface area (Å²) in [4.78, 5) is 26.0. The van der Waals surface area contributed by atoms with Crippen LogP contribution in [0, 0.1) is 0 Å². The second-order valence-electron chi connectivity index (χ2n) is 5.78. The van der Waals surface area contributed by atoms with Crippen LogP contribution in [0.15, 0.2) is 33.6 Å². The van der Waals surface area contributed by atoms with Gasteiger partial charge in [-0.25, -0.2) is 13.1 Å². The fraction of sp³-hybridized carbons (Fsp3) is 0.500. The van der Waals surface area contributed by atoms with Crippen molar-refractivity contribution in [2.24, 2.45) is 0 Å². The third-order valence-electron chi connectivity index (χ3n) is 3.97. The Morgan fingerprint density at radius 3 is 2.68 bits per heavy atom. The quantitative estimate of drug-likeness (QED) is 0.678. The molecular weight excluding hydrogens is 410 g/mol. The van der Waals surface area contributed by atoms with Crippen molar-refractivity contribution in [2.75, 3.05) is 19.6 Å². The third-order valence-corrected chi connectivity index (χ3v) is 5.97. The lowest BCUT2D eigenvalue weighted by Gasteiger charge is -2.35. The summed E-state index contributed by atoms with van der Waals surface area (Å²) in [6.07, 6.45) is 1.41. The van der Waals surface area contributed by atoms with E-state index >= 15 is 0 Å². The van der Waals surface area contributed by atoms with Gasteiger partial charge in [-0.3, -0.25) is 9.59 Å². The van der Waals surface area contributed by atoms with Crippen LogP contribution in [0.2, 0.25) is 0 Å². The van der Waals surface area contributed by atoms with Gasteiger partial charge in [-0.05, 0) is 30.7 Å². The van der Waals surface area contributed by atoms with Crippen molar-refractivity contribution in [3.8, 4) is 0 Å². The van der Waals surface area contributed by atoms with Crippen molar-refractivity contribution in [3.63, 3.8) is 0 Å². The summed E-state index contributed by atoms with van der Waals surface area (Å²) < 4.78 is 27.6. The van der Waals surface area contributed by atoms with Gasteiger partial charge in [0.05, 0.1) is 4.90 Å². The van der Waals surface area contributed by atoms with E-state index in [4.69, 9.17) is 0 Å². The summed E-state index contributed by atoms with van der Waals surface area (Å²) in [6, 6.07) is 5.79. The lowest BCUT2D eigenvalue weighted by atomic mass is 10.1. The molecule has 1 atom stereocenters. The van der Waals surface area contributed by atoms with Crippen molar-refractivity contribution in [1.82, 2.24) is 14.9 Å². The average molecular weight is 432 g/mol. The molecule has 2 amide bonds. The smallest absolute Gasteiger partial charge is 0.242 e. The molecule has 1 aliphatic heterocycles. The Bertz CT molecular complexity index is 721.